The van der Waals surface area contributed by atoms with E-state index in [1.54, 1.807) is 0 Å². The zero-order chi connectivity index (χ0) is 16.3. The van der Waals surface area contributed by atoms with E-state index in [9.17, 15) is 25.1 Å². The number of nitrogens with zero attached hydrogens (tertiary/aromatic N) is 1. The first-order valence-corrected chi connectivity index (χ1v) is 6.09. The van der Waals surface area contributed by atoms with Crippen molar-refractivity contribution in [2.24, 2.45) is 0 Å². The Morgan fingerprint density at radius 3 is 1.81 bits per heavy atom. The van der Waals surface area contributed by atoms with Crippen LogP contribution in [-0.2, 0) is 0 Å². The van der Waals surface area contributed by atoms with Crippen LogP contribution in [-0.4, -0.2) is 35.6 Å². The highest BCUT2D eigenvalue weighted by molar-refractivity contribution is 5.89. The predicted molar refractivity (Wildman–Crippen MR) is 72.9 cm³/mol. The molecule has 0 aliphatic carbocycles. The van der Waals surface area contributed by atoms with Gasteiger partial charge in [0.25, 0.3) is 5.69 Å². The largest absolute Gasteiger partial charge is 0.492 e. The van der Waals surface area contributed by atoms with Gasteiger partial charge in [-0.2, -0.15) is 0 Å². The maximum atomic E-state index is 11.3. The predicted octanol–water partition coefficient (Wildman–Crippen LogP) is 1.53. The second kappa shape index (κ2) is 6.51. The van der Waals surface area contributed by atoms with Gasteiger partial charge >= 0.3 is 0 Å². The topological polar surface area (TPSA) is 119 Å². The highest BCUT2D eigenvalue weighted by Gasteiger charge is 2.35. The number of nitro benzene ring substituents is 1. The highest BCUT2D eigenvalue weighted by atomic mass is 16.6. The molecule has 0 saturated heterocycles. The molecule has 0 saturated carbocycles. The number of aliphatic hydroxyl groups excluding tert-OH is 2. The van der Waals surface area contributed by atoms with Crippen LogP contribution in [0.2, 0.25) is 0 Å². The lowest BCUT2D eigenvalue weighted by Crippen LogP contribution is -2.12. The van der Waals surface area contributed by atoms with E-state index in [4.69, 9.17) is 9.47 Å². The number of hydrogen-bond donors (Lipinski definition) is 2. The fourth-order valence-corrected chi connectivity index (χ4v) is 2.27. The number of rotatable bonds is 6. The van der Waals surface area contributed by atoms with Gasteiger partial charge in [-0.05, 0) is 13.8 Å². The third kappa shape index (κ3) is 2.81. The molecule has 0 aliphatic rings. The van der Waals surface area contributed by atoms with Crippen molar-refractivity contribution in [2.75, 3.05) is 14.2 Å². The summed E-state index contributed by atoms with van der Waals surface area (Å²) in [5.74, 6) is -0.100. The minimum atomic E-state index is -1.27. The molecule has 8 nitrogen and oxygen atoms in total. The summed E-state index contributed by atoms with van der Waals surface area (Å²) in [5, 5.41) is 30.9. The van der Waals surface area contributed by atoms with Gasteiger partial charge in [-0.15, -0.1) is 0 Å². The molecule has 21 heavy (non-hydrogen) atoms. The van der Waals surface area contributed by atoms with Gasteiger partial charge in [-0.3, -0.25) is 14.9 Å². The normalized spacial score (nSPS) is 13.4. The molecule has 1 rings (SSSR count). The van der Waals surface area contributed by atoms with E-state index in [-0.39, 0.29) is 34.5 Å². The summed E-state index contributed by atoms with van der Waals surface area (Å²) < 4.78 is 10.2. The van der Waals surface area contributed by atoms with Gasteiger partial charge in [0.15, 0.2) is 17.8 Å². The molecule has 116 valence electrons. The first kappa shape index (κ1) is 16.9. The minimum absolute atomic E-state index is 0.0175. The van der Waals surface area contributed by atoms with Gasteiger partial charge in [0.2, 0.25) is 0 Å². The molecule has 1 aromatic rings. The van der Waals surface area contributed by atoms with Crippen molar-refractivity contribution in [3.8, 4) is 11.5 Å². The molecule has 0 aliphatic heterocycles. The number of carbonyl (C=O) groups is 1. The third-order valence-corrected chi connectivity index (χ3v) is 3.04. The van der Waals surface area contributed by atoms with Crippen LogP contribution >= 0.6 is 0 Å². The summed E-state index contributed by atoms with van der Waals surface area (Å²) in [6.45, 7) is 2.65. The van der Waals surface area contributed by atoms with Crippen molar-refractivity contribution < 1.29 is 29.4 Å². The molecular formula is C13H17NO7. The summed E-state index contributed by atoms with van der Waals surface area (Å²) in [5.41, 5.74) is -1.18. The smallest absolute Gasteiger partial charge is 0.290 e. The van der Waals surface area contributed by atoms with E-state index in [1.165, 1.54) is 28.1 Å². The van der Waals surface area contributed by atoms with Crippen LogP contribution in [0, 0.1) is 10.1 Å². The van der Waals surface area contributed by atoms with E-state index in [0.717, 1.165) is 0 Å². The fraction of sp³-hybridized carbons (Fsp3) is 0.462. The van der Waals surface area contributed by atoms with Gasteiger partial charge in [-0.1, -0.05) is 0 Å². The van der Waals surface area contributed by atoms with Crippen molar-refractivity contribution in [1.29, 1.82) is 0 Å². The SMILES string of the molecule is COc1c(OC)c(C(C)O)c([N+](=O)[O-])c(C=O)c1C(C)O. The maximum absolute atomic E-state index is 11.3. The van der Waals surface area contributed by atoms with Crippen molar-refractivity contribution in [2.45, 2.75) is 26.1 Å². The van der Waals surface area contributed by atoms with Crippen LogP contribution in [0.25, 0.3) is 0 Å². The van der Waals surface area contributed by atoms with Crippen LogP contribution in [0.15, 0.2) is 0 Å². The van der Waals surface area contributed by atoms with Gasteiger partial charge in [0.05, 0.1) is 31.4 Å². The molecule has 2 atom stereocenters. The second-order valence-electron chi connectivity index (χ2n) is 4.38. The number of hydrogen-bond acceptors (Lipinski definition) is 7. The number of methoxy groups -OCH3 is 2. The molecule has 0 spiro atoms. The zero-order valence-electron chi connectivity index (χ0n) is 12.1. The number of ether oxygens (including phenoxy) is 2. The van der Waals surface area contributed by atoms with Crippen LogP contribution in [0.5, 0.6) is 11.5 Å². The van der Waals surface area contributed by atoms with Gasteiger partial charge in [-0.25, -0.2) is 0 Å². The fourth-order valence-electron chi connectivity index (χ4n) is 2.27. The highest BCUT2D eigenvalue weighted by Crippen LogP contribution is 2.47. The Labute approximate surface area is 121 Å². The van der Waals surface area contributed by atoms with Crippen molar-refractivity contribution in [1.82, 2.24) is 0 Å². The number of aliphatic hydroxyl groups is 2. The Morgan fingerprint density at radius 1 is 1.10 bits per heavy atom. The summed E-state index contributed by atoms with van der Waals surface area (Å²) in [6, 6.07) is 0. The first-order valence-electron chi connectivity index (χ1n) is 6.09. The Bertz CT molecular complexity index is 566. The molecule has 0 heterocycles. The third-order valence-electron chi connectivity index (χ3n) is 3.04. The van der Waals surface area contributed by atoms with E-state index in [0.29, 0.717) is 0 Å². The Balaban J connectivity index is 4.06. The molecular weight excluding hydrogens is 282 g/mol. The maximum Gasteiger partial charge on any atom is 0.290 e. The number of nitro groups is 1. The molecule has 0 fully saturated rings. The molecule has 2 unspecified atom stereocenters. The Kier molecular flexibility index (Phi) is 5.23. The molecule has 0 bridgehead atoms. The van der Waals surface area contributed by atoms with Crippen LogP contribution in [0.1, 0.15) is 47.5 Å². The van der Waals surface area contributed by atoms with E-state index in [1.807, 2.05) is 0 Å². The molecule has 2 N–H and O–H groups in total. The summed E-state index contributed by atoms with van der Waals surface area (Å²) >= 11 is 0. The molecule has 0 amide bonds. The van der Waals surface area contributed by atoms with Gasteiger partial charge in [0.1, 0.15) is 11.1 Å². The van der Waals surface area contributed by atoms with Gasteiger partial charge < -0.3 is 19.7 Å². The second-order valence-corrected chi connectivity index (χ2v) is 4.38. The lowest BCUT2D eigenvalue weighted by molar-refractivity contribution is -0.386. The van der Waals surface area contributed by atoms with Crippen molar-refractivity contribution in [3.05, 3.63) is 26.8 Å². The average molecular weight is 299 g/mol. The standard InChI is InChI=1S/C13H17NO7/c1-6(16)9-8(5-15)11(14(18)19)10(7(2)17)13(21-4)12(9)20-3/h5-7,16-17H,1-4H3. The van der Waals surface area contributed by atoms with E-state index >= 15 is 0 Å². The minimum Gasteiger partial charge on any atom is -0.492 e. The monoisotopic (exact) mass is 299 g/mol. The molecule has 0 aromatic heterocycles. The van der Waals surface area contributed by atoms with Crippen LogP contribution < -0.4 is 9.47 Å². The number of benzene rings is 1. The lowest BCUT2D eigenvalue weighted by atomic mass is 9.93. The van der Waals surface area contributed by atoms with Crippen molar-refractivity contribution in [3.63, 3.8) is 0 Å². The van der Waals surface area contributed by atoms with Crippen LogP contribution in [0.3, 0.4) is 0 Å². The number of aldehydes is 1. The molecule has 0 radical (unpaired) electrons. The van der Waals surface area contributed by atoms with Gasteiger partial charge in [0, 0.05) is 5.56 Å². The van der Waals surface area contributed by atoms with Crippen molar-refractivity contribution >= 4 is 12.0 Å². The quantitative estimate of drug-likeness (QED) is 0.464. The van der Waals surface area contributed by atoms with E-state index < -0.39 is 22.8 Å². The summed E-state index contributed by atoms with van der Waals surface area (Å²) in [6.07, 6.45) is -2.21. The lowest BCUT2D eigenvalue weighted by Gasteiger charge is -2.21. The molecule has 8 heteroatoms. The Hall–Kier alpha value is -2.19. The van der Waals surface area contributed by atoms with E-state index in [2.05, 4.69) is 0 Å². The van der Waals surface area contributed by atoms with Crippen LogP contribution in [0.4, 0.5) is 5.69 Å². The Morgan fingerprint density at radius 2 is 1.52 bits per heavy atom. The zero-order valence-corrected chi connectivity index (χ0v) is 12.1. The number of carbonyl (C=O) groups excluding carboxylic acids is 1. The summed E-state index contributed by atoms with van der Waals surface area (Å²) in [7, 11) is 2.52. The summed E-state index contributed by atoms with van der Waals surface area (Å²) in [4.78, 5) is 21.8. The molecule has 1 aromatic carbocycles. The average Bonchev–Trinajstić information content (AvgIpc) is 2.42. The first-order chi connectivity index (χ1) is 9.81.